The minimum atomic E-state index is 0.141. The molecular formula is C17H29N3. The first kappa shape index (κ1) is 15.5. The number of aromatic nitrogens is 1. The van der Waals surface area contributed by atoms with Crippen molar-refractivity contribution < 1.29 is 0 Å². The predicted molar refractivity (Wildman–Crippen MR) is 84.4 cm³/mol. The average molecular weight is 275 g/mol. The number of aryl methyl sites for hydroxylation is 1. The van der Waals surface area contributed by atoms with Crippen LogP contribution in [0.1, 0.15) is 44.5 Å². The fourth-order valence-corrected chi connectivity index (χ4v) is 3.97. The zero-order valence-electron chi connectivity index (χ0n) is 13.4. The monoisotopic (exact) mass is 275 g/mol. The zero-order chi connectivity index (χ0) is 14.8. The van der Waals surface area contributed by atoms with Gasteiger partial charge < -0.3 is 5.73 Å². The molecule has 20 heavy (non-hydrogen) atoms. The Kier molecular flexibility index (Phi) is 4.82. The first-order valence-electron chi connectivity index (χ1n) is 7.79. The molecule has 0 radical (unpaired) electrons. The van der Waals surface area contributed by atoms with E-state index in [1.165, 1.54) is 19.3 Å². The van der Waals surface area contributed by atoms with Crippen LogP contribution in [0.4, 0.5) is 0 Å². The van der Waals surface area contributed by atoms with Gasteiger partial charge in [0.15, 0.2) is 0 Å². The van der Waals surface area contributed by atoms with E-state index in [4.69, 9.17) is 5.73 Å². The van der Waals surface area contributed by atoms with Crippen LogP contribution < -0.4 is 5.73 Å². The van der Waals surface area contributed by atoms with E-state index in [1.54, 1.807) is 0 Å². The summed E-state index contributed by atoms with van der Waals surface area (Å²) in [6.45, 7) is 8.40. The molecule has 1 heterocycles. The van der Waals surface area contributed by atoms with Crippen molar-refractivity contribution in [1.82, 2.24) is 9.88 Å². The van der Waals surface area contributed by atoms with E-state index in [2.05, 4.69) is 42.9 Å². The van der Waals surface area contributed by atoms with E-state index in [-0.39, 0.29) is 5.54 Å². The van der Waals surface area contributed by atoms with Crippen LogP contribution in [0, 0.1) is 18.8 Å². The van der Waals surface area contributed by atoms with Crippen molar-refractivity contribution in [1.29, 1.82) is 0 Å². The van der Waals surface area contributed by atoms with Gasteiger partial charge in [-0.25, -0.2) is 0 Å². The highest BCUT2D eigenvalue weighted by Gasteiger charge is 2.39. The lowest BCUT2D eigenvalue weighted by Crippen LogP contribution is -2.55. The Morgan fingerprint density at radius 3 is 2.50 bits per heavy atom. The molecule has 0 spiro atoms. The van der Waals surface area contributed by atoms with Crippen LogP contribution in [0.2, 0.25) is 0 Å². The second kappa shape index (κ2) is 6.23. The summed E-state index contributed by atoms with van der Waals surface area (Å²) >= 11 is 0. The van der Waals surface area contributed by atoms with Crippen molar-refractivity contribution in [2.45, 2.75) is 52.1 Å². The molecule has 3 heteroatoms. The Morgan fingerprint density at radius 2 is 1.95 bits per heavy atom. The highest BCUT2D eigenvalue weighted by Crippen LogP contribution is 2.39. The van der Waals surface area contributed by atoms with Gasteiger partial charge in [-0.15, -0.1) is 0 Å². The zero-order valence-corrected chi connectivity index (χ0v) is 13.4. The topological polar surface area (TPSA) is 42.1 Å². The van der Waals surface area contributed by atoms with Gasteiger partial charge in [0, 0.05) is 24.3 Å². The maximum Gasteiger partial charge on any atom is 0.0547 e. The van der Waals surface area contributed by atoms with Gasteiger partial charge in [0.2, 0.25) is 0 Å². The lowest BCUT2D eigenvalue weighted by Gasteiger charge is -2.48. The molecule has 2 rings (SSSR count). The lowest BCUT2D eigenvalue weighted by molar-refractivity contribution is 0.0325. The van der Waals surface area contributed by atoms with Crippen molar-refractivity contribution in [3.8, 4) is 0 Å². The first-order chi connectivity index (χ1) is 9.45. The molecule has 1 fully saturated rings. The van der Waals surface area contributed by atoms with Crippen LogP contribution in [0.3, 0.4) is 0 Å². The van der Waals surface area contributed by atoms with Crippen molar-refractivity contribution in [3.63, 3.8) is 0 Å². The van der Waals surface area contributed by atoms with Gasteiger partial charge in [-0.2, -0.15) is 0 Å². The Labute approximate surface area is 123 Å². The molecule has 0 amide bonds. The maximum absolute atomic E-state index is 6.19. The number of rotatable bonds is 4. The smallest absolute Gasteiger partial charge is 0.0547 e. The lowest BCUT2D eigenvalue weighted by atomic mass is 9.71. The van der Waals surface area contributed by atoms with Crippen LogP contribution >= 0.6 is 0 Å². The standard InChI is InChI=1S/C17H29N3/c1-13-8-14(2)10-17(9-13,12-18)20(4)11-16-7-5-6-15(3)19-16/h5-7,13-14H,8-12,18H2,1-4H3. The normalized spacial score (nSPS) is 30.7. The summed E-state index contributed by atoms with van der Waals surface area (Å²) in [4.78, 5) is 7.07. The minimum absolute atomic E-state index is 0.141. The van der Waals surface area contributed by atoms with Gasteiger partial charge in [-0.1, -0.05) is 19.9 Å². The summed E-state index contributed by atoms with van der Waals surface area (Å²) in [6.07, 6.45) is 3.74. The Hall–Kier alpha value is -0.930. The minimum Gasteiger partial charge on any atom is -0.329 e. The Balaban J connectivity index is 2.14. The van der Waals surface area contributed by atoms with Crippen molar-refractivity contribution in [2.75, 3.05) is 13.6 Å². The van der Waals surface area contributed by atoms with E-state index >= 15 is 0 Å². The Morgan fingerprint density at radius 1 is 1.30 bits per heavy atom. The van der Waals surface area contributed by atoms with E-state index < -0.39 is 0 Å². The van der Waals surface area contributed by atoms with Gasteiger partial charge in [0.1, 0.15) is 0 Å². The van der Waals surface area contributed by atoms with E-state index in [0.29, 0.717) is 0 Å². The van der Waals surface area contributed by atoms with E-state index in [1.807, 2.05) is 13.0 Å². The van der Waals surface area contributed by atoms with Crippen LogP contribution in [0.5, 0.6) is 0 Å². The SMILES string of the molecule is Cc1cccc(CN(C)C2(CN)CC(C)CC(C)C2)n1. The number of hydrogen-bond donors (Lipinski definition) is 1. The van der Waals surface area contributed by atoms with Gasteiger partial charge >= 0.3 is 0 Å². The molecule has 0 aromatic carbocycles. The van der Waals surface area contributed by atoms with E-state index in [9.17, 15) is 0 Å². The molecule has 112 valence electrons. The molecule has 0 aliphatic heterocycles. The number of nitrogens with two attached hydrogens (primary N) is 1. The van der Waals surface area contributed by atoms with Crippen LogP contribution in [-0.2, 0) is 6.54 Å². The van der Waals surface area contributed by atoms with Gasteiger partial charge in [-0.05, 0) is 57.2 Å². The molecule has 2 N–H and O–H groups in total. The van der Waals surface area contributed by atoms with E-state index in [0.717, 1.165) is 36.3 Å². The summed E-state index contributed by atoms with van der Waals surface area (Å²) in [5, 5.41) is 0. The first-order valence-corrected chi connectivity index (χ1v) is 7.79. The number of nitrogens with zero attached hydrogens (tertiary/aromatic N) is 2. The molecule has 0 bridgehead atoms. The molecule has 1 aliphatic carbocycles. The predicted octanol–water partition coefficient (Wildman–Crippen LogP) is 2.98. The molecule has 1 aromatic heterocycles. The average Bonchev–Trinajstić information content (AvgIpc) is 2.37. The summed E-state index contributed by atoms with van der Waals surface area (Å²) in [5.41, 5.74) is 8.56. The van der Waals surface area contributed by atoms with Crippen LogP contribution in [-0.4, -0.2) is 29.0 Å². The van der Waals surface area contributed by atoms with Crippen molar-refractivity contribution >= 4 is 0 Å². The number of hydrogen-bond acceptors (Lipinski definition) is 3. The second-order valence-corrected chi connectivity index (χ2v) is 6.91. The summed E-state index contributed by atoms with van der Waals surface area (Å²) in [5.74, 6) is 1.52. The molecule has 1 saturated carbocycles. The molecule has 1 aliphatic rings. The third kappa shape index (κ3) is 3.39. The molecule has 1 aromatic rings. The summed E-state index contributed by atoms with van der Waals surface area (Å²) in [6, 6.07) is 6.25. The number of pyridine rings is 1. The van der Waals surface area contributed by atoms with Crippen molar-refractivity contribution in [2.24, 2.45) is 17.6 Å². The molecule has 0 saturated heterocycles. The van der Waals surface area contributed by atoms with Crippen LogP contribution in [0.15, 0.2) is 18.2 Å². The molecular weight excluding hydrogens is 246 g/mol. The molecule has 3 nitrogen and oxygen atoms in total. The maximum atomic E-state index is 6.19. The van der Waals surface area contributed by atoms with Gasteiger partial charge in [-0.3, -0.25) is 9.88 Å². The highest BCUT2D eigenvalue weighted by atomic mass is 15.2. The highest BCUT2D eigenvalue weighted by molar-refractivity contribution is 5.10. The molecule has 2 atom stereocenters. The van der Waals surface area contributed by atoms with Gasteiger partial charge in [0.25, 0.3) is 0 Å². The quantitative estimate of drug-likeness (QED) is 0.918. The third-order valence-corrected chi connectivity index (χ3v) is 4.80. The van der Waals surface area contributed by atoms with Crippen LogP contribution in [0.25, 0.3) is 0 Å². The van der Waals surface area contributed by atoms with Gasteiger partial charge in [0.05, 0.1) is 5.69 Å². The fourth-order valence-electron chi connectivity index (χ4n) is 3.97. The summed E-state index contributed by atoms with van der Waals surface area (Å²) < 4.78 is 0. The second-order valence-electron chi connectivity index (χ2n) is 6.91. The Bertz CT molecular complexity index is 434. The number of likely N-dealkylation sites (N-methyl/N-ethyl adjacent to an activating group) is 1. The molecule has 2 unspecified atom stereocenters. The third-order valence-electron chi connectivity index (χ3n) is 4.80. The summed E-state index contributed by atoms with van der Waals surface area (Å²) in [7, 11) is 2.21. The largest absolute Gasteiger partial charge is 0.329 e. The van der Waals surface area contributed by atoms with Crippen molar-refractivity contribution in [3.05, 3.63) is 29.6 Å². The fraction of sp³-hybridized carbons (Fsp3) is 0.706.